The summed E-state index contributed by atoms with van der Waals surface area (Å²) < 4.78 is 0. The average Bonchev–Trinajstić information content (AvgIpc) is 2.82. The lowest BCUT2D eigenvalue weighted by Crippen LogP contribution is -2.39. The van der Waals surface area contributed by atoms with Gasteiger partial charge in [0.25, 0.3) is 0 Å². The van der Waals surface area contributed by atoms with Crippen molar-refractivity contribution in [2.75, 3.05) is 0 Å². The summed E-state index contributed by atoms with van der Waals surface area (Å²) in [6, 6.07) is 7.17. The first kappa shape index (κ1) is 17.4. The molecule has 23 heavy (non-hydrogen) atoms. The van der Waals surface area contributed by atoms with E-state index in [-0.39, 0.29) is 18.2 Å². The zero-order valence-electron chi connectivity index (χ0n) is 13.5. The minimum absolute atomic E-state index is 0.0784. The summed E-state index contributed by atoms with van der Waals surface area (Å²) in [5.41, 5.74) is 3.52. The Balaban J connectivity index is 2.10. The first-order valence-electron chi connectivity index (χ1n) is 7.91. The molecule has 2 amide bonds. The number of nitrogens with one attached hydrogen (secondary N) is 2. The van der Waals surface area contributed by atoms with Crippen molar-refractivity contribution in [2.45, 2.75) is 45.3 Å². The highest BCUT2D eigenvalue weighted by Gasteiger charge is 2.34. The highest BCUT2D eigenvalue weighted by Crippen LogP contribution is 2.31. The van der Waals surface area contributed by atoms with Gasteiger partial charge in [0.15, 0.2) is 0 Å². The lowest BCUT2D eigenvalue weighted by Gasteiger charge is -2.23. The van der Waals surface area contributed by atoms with Gasteiger partial charge in [0, 0.05) is 18.8 Å². The molecule has 4 N–H and O–H groups in total. The quantitative estimate of drug-likeness (QED) is 0.469. The molecule has 1 aliphatic rings. The maximum Gasteiger partial charge on any atom is 0.244 e. The van der Waals surface area contributed by atoms with Gasteiger partial charge >= 0.3 is 0 Å². The molecule has 1 aliphatic carbocycles. The van der Waals surface area contributed by atoms with E-state index in [0.717, 1.165) is 11.1 Å². The van der Waals surface area contributed by atoms with Crippen molar-refractivity contribution in [1.29, 1.82) is 0 Å². The molecule has 3 atom stereocenters. The van der Waals surface area contributed by atoms with E-state index in [1.165, 1.54) is 0 Å². The van der Waals surface area contributed by atoms with Gasteiger partial charge in [0.1, 0.15) is 0 Å². The topological polar surface area (TPSA) is 98.7 Å². The molecular weight excluding hydrogens is 296 g/mol. The van der Waals surface area contributed by atoms with Crippen molar-refractivity contribution in [2.24, 2.45) is 11.8 Å². The molecule has 0 aliphatic heterocycles. The first-order chi connectivity index (χ1) is 10.9. The summed E-state index contributed by atoms with van der Waals surface area (Å²) >= 11 is 0. The number of hydrogen-bond donors (Lipinski definition) is 4. The van der Waals surface area contributed by atoms with Crippen LogP contribution in [-0.4, -0.2) is 28.2 Å². The summed E-state index contributed by atoms with van der Waals surface area (Å²) in [4.78, 5) is 24.0. The van der Waals surface area contributed by atoms with Crippen molar-refractivity contribution < 1.29 is 19.9 Å². The fraction of sp³-hybridized carbons (Fsp3) is 0.529. The van der Waals surface area contributed by atoms with Crippen LogP contribution in [0.25, 0.3) is 0 Å². The van der Waals surface area contributed by atoms with E-state index in [1.54, 1.807) is 5.48 Å². The Labute approximate surface area is 135 Å². The third-order valence-electron chi connectivity index (χ3n) is 4.18. The molecule has 0 aromatic heterocycles. The fourth-order valence-electron chi connectivity index (χ4n) is 3.14. The van der Waals surface area contributed by atoms with Crippen LogP contribution in [0.2, 0.25) is 0 Å². The average molecular weight is 320 g/mol. The second kappa shape index (κ2) is 7.57. The molecule has 2 rings (SSSR count). The molecule has 0 saturated heterocycles. The first-order valence-corrected chi connectivity index (χ1v) is 7.91. The van der Waals surface area contributed by atoms with Gasteiger partial charge in [-0.3, -0.25) is 14.8 Å². The van der Waals surface area contributed by atoms with Crippen LogP contribution >= 0.6 is 0 Å². The number of rotatable bonds is 6. The van der Waals surface area contributed by atoms with E-state index in [1.807, 2.05) is 38.1 Å². The van der Waals surface area contributed by atoms with E-state index in [2.05, 4.69) is 5.32 Å². The molecule has 1 aromatic rings. The van der Waals surface area contributed by atoms with Crippen LogP contribution in [0.5, 0.6) is 0 Å². The number of aliphatic hydroxyl groups is 1. The maximum absolute atomic E-state index is 12.6. The third kappa shape index (κ3) is 4.30. The van der Waals surface area contributed by atoms with E-state index in [0.29, 0.717) is 12.8 Å². The van der Waals surface area contributed by atoms with Crippen LogP contribution in [0.15, 0.2) is 24.3 Å². The number of aliphatic hydroxyl groups excluding tert-OH is 1. The zero-order valence-corrected chi connectivity index (χ0v) is 13.5. The predicted octanol–water partition coefficient (Wildman–Crippen LogP) is 1.32. The van der Waals surface area contributed by atoms with Crippen LogP contribution in [0.4, 0.5) is 0 Å². The summed E-state index contributed by atoms with van der Waals surface area (Å²) in [6.07, 6.45) is 0.296. The van der Waals surface area contributed by atoms with Crippen LogP contribution < -0.4 is 10.8 Å². The summed E-state index contributed by atoms with van der Waals surface area (Å²) in [5.74, 6) is -1.17. The number of hydrogen-bond acceptors (Lipinski definition) is 4. The molecule has 0 unspecified atom stereocenters. The number of amides is 2. The SMILES string of the molecule is CC(C)C[C@H](CC(=O)NO)C(=O)N[C@H]1c2ccccc2C[C@H]1O. The summed E-state index contributed by atoms with van der Waals surface area (Å²) in [6.45, 7) is 3.94. The highest BCUT2D eigenvalue weighted by atomic mass is 16.5. The minimum atomic E-state index is -0.664. The van der Waals surface area contributed by atoms with Crippen molar-refractivity contribution in [3.63, 3.8) is 0 Å². The Hall–Kier alpha value is -1.92. The largest absolute Gasteiger partial charge is 0.390 e. The Morgan fingerprint density at radius 1 is 1.30 bits per heavy atom. The van der Waals surface area contributed by atoms with E-state index in [4.69, 9.17) is 5.21 Å². The molecule has 0 saturated carbocycles. The van der Waals surface area contributed by atoms with Crippen molar-refractivity contribution in [3.05, 3.63) is 35.4 Å². The van der Waals surface area contributed by atoms with Gasteiger partial charge < -0.3 is 10.4 Å². The van der Waals surface area contributed by atoms with E-state index < -0.39 is 24.0 Å². The Morgan fingerprint density at radius 2 is 2.00 bits per heavy atom. The number of hydroxylamine groups is 1. The molecule has 126 valence electrons. The van der Waals surface area contributed by atoms with Crippen LogP contribution in [0.1, 0.15) is 43.9 Å². The number of fused-ring (bicyclic) bond motifs is 1. The number of carbonyl (C=O) groups excluding carboxylic acids is 2. The Bertz CT molecular complexity index is 573. The molecule has 6 nitrogen and oxygen atoms in total. The fourth-order valence-corrected chi connectivity index (χ4v) is 3.14. The van der Waals surface area contributed by atoms with E-state index in [9.17, 15) is 14.7 Å². The van der Waals surface area contributed by atoms with Crippen LogP contribution in [-0.2, 0) is 16.0 Å². The zero-order chi connectivity index (χ0) is 17.0. The van der Waals surface area contributed by atoms with Gasteiger partial charge in [-0.1, -0.05) is 38.1 Å². The summed E-state index contributed by atoms with van der Waals surface area (Å²) in [5, 5.41) is 21.8. The van der Waals surface area contributed by atoms with Gasteiger partial charge in [-0.05, 0) is 23.5 Å². The van der Waals surface area contributed by atoms with Gasteiger partial charge in [0.2, 0.25) is 11.8 Å². The van der Waals surface area contributed by atoms with Gasteiger partial charge in [0.05, 0.1) is 12.1 Å². The van der Waals surface area contributed by atoms with Gasteiger partial charge in [-0.25, -0.2) is 5.48 Å². The highest BCUT2D eigenvalue weighted by molar-refractivity contribution is 5.85. The monoisotopic (exact) mass is 320 g/mol. The maximum atomic E-state index is 12.6. The van der Waals surface area contributed by atoms with Gasteiger partial charge in [-0.2, -0.15) is 0 Å². The normalized spacial score (nSPS) is 20.9. The van der Waals surface area contributed by atoms with Crippen molar-refractivity contribution >= 4 is 11.8 Å². The molecule has 6 heteroatoms. The van der Waals surface area contributed by atoms with Crippen molar-refractivity contribution in [1.82, 2.24) is 10.8 Å². The Morgan fingerprint density at radius 3 is 2.65 bits per heavy atom. The second-order valence-electron chi connectivity index (χ2n) is 6.52. The number of carbonyl (C=O) groups is 2. The molecule has 1 aromatic carbocycles. The lowest BCUT2D eigenvalue weighted by atomic mass is 9.92. The molecule has 0 radical (unpaired) electrons. The standard InChI is InChI=1S/C17H24N2O4/c1-10(2)7-12(9-15(21)19-23)17(22)18-16-13-6-4-3-5-11(13)8-14(16)20/h3-6,10,12,14,16,20,23H,7-9H2,1-2H3,(H,18,22)(H,19,21)/t12-,14-,16+/m1/s1. The molecular formula is C17H24N2O4. The minimum Gasteiger partial charge on any atom is -0.390 e. The van der Waals surface area contributed by atoms with Crippen molar-refractivity contribution in [3.8, 4) is 0 Å². The summed E-state index contributed by atoms with van der Waals surface area (Å²) in [7, 11) is 0. The Kier molecular flexibility index (Phi) is 5.74. The van der Waals surface area contributed by atoms with Crippen LogP contribution in [0.3, 0.4) is 0 Å². The van der Waals surface area contributed by atoms with Crippen LogP contribution in [0, 0.1) is 11.8 Å². The molecule has 0 bridgehead atoms. The number of benzene rings is 1. The molecule has 0 spiro atoms. The third-order valence-corrected chi connectivity index (χ3v) is 4.18. The van der Waals surface area contributed by atoms with E-state index >= 15 is 0 Å². The predicted molar refractivity (Wildman–Crippen MR) is 84.5 cm³/mol. The lowest BCUT2D eigenvalue weighted by molar-refractivity contribution is -0.135. The van der Waals surface area contributed by atoms with Gasteiger partial charge in [-0.15, -0.1) is 0 Å². The second-order valence-corrected chi connectivity index (χ2v) is 6.52. The molecule has 0 heterocycles. The smallest absolute Gasteiger partial charge is 0.244 e. The molecule has 0 fully saturated rings.